The monoisotopic (exact) mass is 250 g/mol. The van der Waals surface area contributed by atoms with Gasteiger partial charge in [0.25, 0.3) is 0 Å². The number of hydroxylamine groups is 2. The predicted molar refractivity (Wildman–Crippen MR) is 66.9 cm³/mol. The third kappa shape index (κ3) is 4.18. The van der Waals surface area contributed by atoms with Gasteiger partial charge in [-0.1, -0.05) is 30.3 Å². The van der Waals surface area contributed by atoms with E-state index in [0.717, 1.165) is 5.56 Å². The van der Waals surface area contributed by atoms with Crippen LogP contribution in [0.1, 0.15) is 12.5 Å². The maximum Gasteiger partial charge on any atom is 0.242 e. The summed E-state index contributed by atoms with van der Waals surface area (Å²) in [6, 6.07) is 9.49. The van der Waals surface area contributed by atoms with E-state index in [1.54, 1.807) is 0 Å². The quantitative estimate of drug-likeness (QED) is 0.600. The maximum atomic E-state index is 11.7. The third-order valence-corrected chi connectivity index (χ3v) is 2.70. The Morgan fingerprint density at radius 1 is 1.33 bits per heavy atom. The summed E-state index contributed by atoms with van der Waals surface area (Å²) in [6.45, 7) is 1.24. The number of hydrogen-bond donors (Lipinski definition) is 2. The molecule has 5 heteroatoms. The lowest BCUT2D eigenvalue weighted by Crippen LogP contribution is -2.39. The number of carbonyl (C=O) groups excluding carboxylic acids is 2. The van der Waals surface area contributed by atoms with Crippen molar-refractivity contribution in [3.8, 4) is 0 Å². The molecule has 18 heavy (non-hydrogen) atoms. The lowest BCUT2D eigenvalue weighted by atomic mass is 9.98. The van der Waals surface area contributed by atoms with Crippen LogP contribution in [0.25, 0.3) is 0 Å². The molecule has 0 radical (unpaired) electrons. The highest BCUT2D eigenvalue weighted by Gasteiger charge is 2.21. The van der Waals surface area contributed by atoms with Gasteiger partial charge in [-0.3, -0.25) is 14.8 Å². The smallest absolute Gasteiger partial charge is 0.242 e. The normalized spacial score (nSPS) is 11.7. The maximum absolute atomic E-state index is 11.7. The van der Waals surface area contributed by atoms with Crippen LogP contribution in [0, 0.1) is 5.92 Å². The predicted octanol–water partition coefficient (Wildman–Crippen LogP) is 0.829. The molecule has 1 aromatic carbocycles. The summed E-state index contributed by atoms with van der Waals surface area (Å²) < 4.78 is 0. The molecule has 2 amide bonds. The molecule has 0 saturated carbocycles. The molecule has 0 aliphatic rings. The van der Waals surface area contributed by atoms with E-state index in [2.05, 4.69) is 5.32 Å². The summed E-state index contributed by atoms with van der Waals surface area (Å²) in [5.41, 5.74) is 0.989. The molecular formula is C13H18N2O3. The minimum Gasteiger partial charge on any atom is -0.359 e. The van der Waals surface area contributed by atoms with Crippen LogP contribution in [0.2, 0.25) is 0 Å². The topological polar surface area (TPSA) is 69.6 Å². The van der Waals surface area contributed by atoms with E-state index in [9.17, 15) is 14.8 Å². The SMILES string of the molecule is CNC(=O)[C@H](Cc1ccccc1)CN(O)C(C)=O. The molecule has 0 bridgehead atoms. The van der Waals surface area contributed by atoms with E-state index >= 15 is 0 Å². The van der Waals surface area contributed by atoms with Gasteiger partial charge in [-0.05, 0) is 12.0 Å². The second-order valence-electron chi connectivity index (χ2n) is 4.10. The first-order valence-electron chi connectivity index (χ1n) is 5.77. The van der Waals surface area contributed by atoms with Gasteiger partial charge in [0.15, 0.2) is 0 Å². The molecule has 5 nitrogen and oxygen atoms in total. The summed E-state index contributed by atoms with van der Waals surface area (Å²) in [5, 5.41) is 12.5. The Bertz CT molecular complexity index is 406. The number of nitrogens with one attached hydrogen (secondary N) is 1. The van der Waals surface area contributed by atoms with Crippen LogP contribution in [0.4, 0.5) is 0 Å². The van der Waals surface area contributed by atoms with E-state index in [1.165, 1.54) is 14.0 Å². The first kappa shape index (κ1) is 14.2. The summed E-state index contributed by atoms with van der Waals surface area (Å²) in [7, 11) is 1.54. The Balaban J connectivity index is 2.73. The molecule has 0 saturated heterocycles. The summed E-state index contributed by atoms with van der Waals surface area (Å²) in [6.07, 6.45) is 0.477. The Hall–Kier alpha value is -1.88. The molecule has 0 spiro atoms. The van der Waals surface area contributed by atoms with Crippen LogP contribution in [0.3, 0.4) is 0 Å². The number of hydrogen-bond acceptors (Lipinski definition) is 3. The molecule has 0 heterocycles. The zero-order valence-corrected chi connectivity index (χ0v) is 10.6. The average Bonchev–Trinajstić information content (AvgIpc) is 2.38. The Labute approximate surface area is 106 Å². The minimum atomic E-state index is -0.475. The molecule has 0 fully saturated rings. The van der Waals surface area contributed by atoms with Crippen molar-refractivity contribution < 1.29 is 14.8 Å². The highest BCUT2D eigenvalue weighted by molar-refractivity contribution is 5.80. The van der Waals surface area contributed by atoms with Crippen molar-refractivity contribution in [3.63, 3.8) is 0 Å². The average molecular weight is 250 g/mol. The second-order valence-corrected chi connectivity index (χ2v) is 4.10. The third-order valence-electron chi connectivity index (χ3n) is 2.70. The lowest BCUT2D eigenvalue weighted by molar-refractivity contribution is -0.166. The summed E-state index contributed by atoms with van der Waals surface area (Å²) in [5.74, 6) is -1.14. The van der Waals surface area contributed by atoms with Gasteiger partial charge < -0.3 is 5.32 Å². The molecular weight excluding hydrogens is 232 g/mol. The highest BCUT2D eigenvalue weighted by atomic mass is 16.5. The largest absolute Gasteiger partial charge is 0.359 e. The zero-order chi connectivity index (χ0) is 13.5. The van der Waals surface area contributed by atoms with Crippen LogP contribution in [0.15, 0.2) is 30.3 Å². The molecule has 1 atom stereocenters. The van der Waals surface area contributed by atoms with Gasteiger partial charge in [-0.25, -0.2) is 5.06 Å². The number of amides is 2. The van der Waals surface area contributed by atoms with Crippen molar-refractivity contribution in [2.24, 2.45) is 5.92 Å². The van der Waals surface area contributed by atoms with E-state index in [1.807, 2.05) is 30.3 Å². The number of nitrogens with zero attached hydrogens (tertiary/aromatic N) is 1. The van der Waals surface area contributed by atoms with Gasteiger partial charge in [0.1, 0.15) is 0 Å². The van der Waals surface area contributed by atoms with Crippen molar-refractivity contribution in [2.45, 2.75) is 13.3 Å². The van der Waals surface area contributed by atoms with E-state index in [-0.39, 0.29) is 12.5 Å². The van der Waals surface area contributed by atoms with Crippen LogP contribution >= 0.6 is 0 Å². The first-order chi connectivity index (χ1) is 8.54. The van der Waals surface area contributed by atoms with Gasteiger partial charge in [-0.15, -0.1) is 0 Å². The molecule has 98 valence electrons. The Kier molecular flexibility index (Phi) is 5.32. The zero-order valence-electron chi connectivity index (χ0n) is 10.6. The molecule has 0 aromatic heterocycles. The molecule has 2 N–H and O–H groups in total. The van der Waals surface area contributed by atoms with Crippen molar-refractivity contribution in [3.05, 3.63) is 35.9 Å². The van der Waals surface area contributed by atoms with Gasteiger partial charge in [-0.2, -0.15) is 0 Å². The Morgan fingerprint density at radius 3 is 2.44 bits per heavy atom. The van der Waals surface area contributed by atoms with Crippen LogP contribution in [0.5, 0.6) is 0 Å². The van der Waals surface area contributed by atoms with Crippen LogP contribution in [-0.4, -0.2) is 35.7 Å². The minimum absolute atomic E-state index is 0.0100. The molecule has 0 unspecified atom stereocenters. The van der Waals surface area contributed by atoms with Gasteiger partial charge in [0, 0.05) is 14.0 Å². The standard InChI is InChI=1S/C13H18N2O3/c1-10(16)15(18)9-12(13(17)14-2)8-11-6-4-3-5-7-11/h3-7,12,18H,8-9H2,1-2H3,(H,14,17)/t12-/m1/s1. The van der Waals surface area contributed by atoms with E-state index in [4.69, 9.17) is 0 Å². The van der Waals surface area contributed by atoms with Gasteiger partial charge in [0.05, 0.1) is 12.5 Å². The van der Waals surface area contributed by atoms with Crippen LogP contribution < -0.4 is 5.32 Å². The highest BCUT2D eigenvalue weighted by Crippen LogP contribution is 2.10. The molecule has 0 aliphatic carbocycles. The van der Waals surface area contributed by atoms with Gasteiger partial charge >= 0.3 is 0 Å². The first-order valence-corrected chi connectivity index (χ1v) is 5.77. The summed E-state index contributed by atoms with van der Waals surface area (Å²) >= 11 is 0. The lowest BCUT2D eigenvalue weighted by Gasteiger charge is -2.20. The van der Waals surface area contributed by atoms with Crippen LogP contribution in [-0.2, 0) is 16.0 Å². The van der Waals surface area contributed by atoms with E-state index < -0.39 is 11.8 Å². The van der Waals surface area contributed by atoms with Gasteiger partial charge in [0.2, 0.25) is 11.8 Å². The number of benzene rings is 1. The molecule has 0 aliphatic heterocycles. The number of carbonyl (C=O) groups is 2. The fourth-order valence-electron chi connectivity index (χ4n) is 1.68. The van der Waals surface area contributed by atoms with Crippen molar-refractivity contribution >= 4 is 11.8 Å². The fourth-order valence-corrected chi connectivity index (χ4v) is 1.68. The number of rotatable bonds is 5. The van der Waals surface area contributed by atoms with Crippen molar-refractivity contribution in [1.82, 2.24) is 10.4 Å². The van der Waals surface area contributed by atoms with Crippen molar-refractivity contribution in [1.29, 1.82) is 0 Å². The van der Waals surface area contributed by atoms with E-state index in [0.29, 0.717) is 11.5 Å². The summed E-state index contributed by atoms with van der Waals surface area (Å²) in [4.78, 5) is 22.7. The molecule has 1 aromatic rings. The van der Waals surface area contributed by atoms with Crippen molar-refractivity contribution in [2.75, 3.05) is 13.6 Å². The molecule has 1 rings (SSSR count). The second kappa shape index (κ2) is 6.76. The fraction of sp³-hybridized carbons (Fsp3) is 0.385. The Morgan fingerprint density at radius 2 is 1.94 bits per heavy atom.